The van der Waals surface area contributed by atoms with Gasteiger partial charge in [-0.05, 0) is 24.5 Å². The van der Waals surface area contributed by atoms with Gasteiger partial charge in [-0.1, -0.05) is 18.2 Å². The molecule has 1 unspecified atom stereocenters. The Morgan fingerprint density at radius 2 is 1.88 bits per heavy atom. The van der Waals surface area contributed by atoms with Crippen LogP contribution in [0.3, 0.4) is 0 Å². The van der Waals surface area contributed by atoms with E-state index in [0.717, 1.165) is 37.2 Å². The molecule has 1 aromatic carbocycles. The molecular weight excluding hydrogens is 306 g/mol. The lowest BCUT2D eigenvalue weighted by atomic mass is 10.1. The van der Waals surface area contributed by atoms with Gasteiger partial charge in [0.25, 0.3) is 5.91 Å². The zero-order valence-corrected chi connectivity index (χ0v) is 13.7. The Labute approximate surface area is 141 Å². The summed E-state index contributed by atoms with van der Waals surface area (Å²) in [7, 11) is 0. The summed E-state index contributed by atoms with van der Waals surface area (Å²) in [4.78, 5) is 28.5. The van der Waals surface area contributed by atoms with Crippen molar-refractivity contribution in [1.29, 1.82) is 0 Å². The second kappa shape index (κ2) is 6.43. The summed E-state index contributed by atoms with van der Waals surface area (Å²) in [5, 5.41) is 3.01. The minimum absolute atomic E-state index is 0.0632. The molecule has 1 N–H and O–H groups in total. The molecule has 2 heterocycles. The topological polar surface area (TPSA) is 61.9 Å². The minimum Gasteiger partial charge on any atom is -0.480 e. The second-order valence-corrected chi connectivity index (χ2v) is 6.86. The third-order valence-corrected chi connectivity index (χ3v) is 4.92. The van der Waals surface area contributed by atoms with Crippen molar-refractivity contribution in [3.63, 3.8) is 0 Å². The van der Waals surface area contributed by atoms with Gasteiger partial charge in [-0.2, -0.15) is 0 Å². The largest absolute Gasteiger partial charge is 0.480 e. The lowest BCUT2D eigenvalue weighted by molar-refractivity contribution is -0.139. The second-order valence-electron chi connectivity index (χ2n) is 6.86. The van der Waals surface area contributed by atoms with Crippen LogP contribution < -0.4 is 10.1 Å². The van der Waals surface area contributed by atoms with Crippen molar-refractivity contribution in [3.8, 4) is 5.75 Å². The van der Waals surface area contributed by atoms with E-state index >= 15 is 0 Å². The first-order valence-corrected chi connectivity index (χ1v) is 8.74. The van der Waals surface area contributed by atoms with Gasteiger partial charge < -0.3 is 15.0 Å². The molecule has 0 bridgehead atoms. The Balaban J connectivity index is 1.25. The summed E-state index contributed by atoms with van der Waals surface area (Å²) in [5.41, 5.74) is 1.10. The summed E-state index contributed by atoms with van der Waals surface area (Å²) < 4.78 is 5.80. The number of ether oxygens (including phenoxy) is 1. The van der Waals surface area contributed by atoms with Gasteiger partial charge in [0.05, 0.1) is 6.54 Å². The number of benzene rings is 1. The van der Waals surface area contributed by atoms with E-state index < -0.39 is 6.10 Å². The summed E-state index contributed by atoms with van der Waals surface area (Å²) >= 11 is 0. The molecule has 3 aliphatic rings. The maximum absolute atomic E-state index is 12.7. The molecule has 2 fully saturated rings. The Kier molecular flexibility index (Phi) is 4.14. The number of nitrogens with one attached hydrogen (secondary N) is 1. The summed E-state index contributed by atoms with van der Waals surface area (Å²) in [5.74, 6) is 0.992. The molecule has 4 rings (SSSR count). The Morgan fingerprint density at radius 3 is 2.58 bits per heavy atom. The molecule has 1 saturated carbocycles. The van der Waals surface area contributed by atoms with Crippen LogP contribution in [-0.2, 0) is 16.0 Å². The minimum atomic E-state index is -0.396. The molecule has 24 heavy (non-hydrogen) atoms. The van der Waals surface area contributed by atoms with E-state index in [2.05, 4.69) is 10.2 Å². The fraction of sp³-hybridized carbons (Fsp3) is 0.556. The highest BCUT2D eigenvalue weighted by molar-refractivity contribution is 5.83. The highest BCUT2D eigenvalue weighted by Crippen LogP contribution is 2.29. The van der Waals surface area contributed by atoms with E-state index in [1.807, 2.05) is 29.2 Å². The van der Waals surface area contributed by atoms with Crippen LogP contribution in [-0.4, -0.2) is 66.5 Å². The number of carbonyl (C=O) groups is 2. The van der Waals surface area contributed by atoms with Crippen LogP contribution in [0.15, 0.2) is 24.3 Å². The van der Waals surface area contributed by atoms with Gasteiger partial charge >= 0.3 is 0 Å². The molecule has 1 atom stereocenters. The quantitative estimate of drug-likeness (QED) is 0.869. The third kappa shape index (κ3) is 3.38. The maximum Gasteiger partial charge on any atom is 0.264 e. The molecule has 1 aromatic rings. The number of rotatable bonds is 4. The number of amides is 2. The van der Waals surface area contributed by atoms with Crippen LogP contribution in [0.25, 0.3) is 0 Å². The zero-order valence-electron chi connectivity index (χ0n) is 13.7. The van der Waals surface area contributed by atoms with Gasteiger partial charge in [0.2, 0.25) is 5.91 Å². The van der Waals surface area contributed by atoms with Crippen LogP contribution in [0.1, 0.15) is 18.4 Å². The zero-order chi connectivity index (χ0) is 16.5. The molecule has 6 nitrogen and oxygen atoms in total. The van der Waals surface area contributed by atoms with Crippen molar-refractivity contribution in [2.75, 3.05) is 32.7 Å². The summed E-state index contributed by atoms with van der Waals surface area (Å²) in [6, 6.07) is 8.23. The van der Waals surface area contributed by atoms with Crippen molar-refractivity contribution >= 4 is 11.8 Å². The monoisotopic (exact) mass is 329 g/mol. The number of hydrogen-bond acceptors (Lipinski definition) is 4. The molecule has 2 aliphatic heterocycles. The van der Waals surface area contributed by atoms with Gasteiger partial charge in [0.1, 0.15) is 5.75 Å². The fourth-order valence-electron chi connectivity index (χ4n) is 3.35. The van der Waals surface area contributed by atoms with Gasteiger partial charge in [-0.3, -0.25) is 14.5 Å². The highest BCUT2D eigenvalue weighted by Gasteiger charge is 2.34. The number of piperazine rings is 1. The van der Waals surface area contributed by atoms with Crippen LogP contribution in [0, 0.1) is 0 Å². The first kappa shape index (κ1) is 15.4. The standard InChI is InChI=1S/C18H23N3O3/c22-17(19-14-5-6-14)12-20-7-9-21(10-8-20)18(23)16-11-13-3-1-2-4-15(13)24-16/h1-4,14,16H,5-12H2,(H,19,22). The molecular formula is C18H23N3O3. The first-order chi connectivity index (χ1) is 11.7. The molecule has 2 amide bonds. The van der Waals surface area contributed by atoms with Gasteiger partial charge in [0.15, 0.2) is 6.10 Å². The maximum atomic E-state index is 12.7. The van der Waals surface area contributed by atoms with Crippen LogP contribution in [0.4, 0.5) is 0 Å². The first-order valence-electron chi connectivity index (χ1n) is 8.74. The van der Waals surface area contributed by atoms with E-state index in [-0.39, 0.29) is 11.8 Å². The number of fused-ring (bicyclic) bond motifs is 1. The van der Waals surface area contributed by atoms with Gasteiger partial charge in [-0.15, -0.1) is 0 Å². The van der Waals surface area contributed by atoms with Crippen molar-refractivity contribution in [2.24, 2.45) is 0 Å². The third-order valence-electron chi connectivity index (χ3n) is 4.92. The van der Waals surface area contributed by atoms with Gasteiger partial charge in [0, 0.05) is 38.6 Å². The average molecular weight is 329 g/mol. The highest BCUT2D eigenvalue weighted by atomic mass is 16.5. The van der Waals surface area contributed by atoms with Crippen molar-refractivity contribution in [3.05, 3.63) is 29.8 Å². The molecule has 0 aromatic heterocycles. The van der Waals surface area contributed by atoms with Crippen LogP contribution in [0.5, 0.6) is 5.75 Å². The van der Waals surface area contributed by atoms with Gasteiger partial charge in [-0.25, -0.2) is 0 Å². The summed E-state index contributed by atoms with van der Waals surface area (Å²) in [6.07, 6.45) is 2.47. The van der Waals surface area contributed by atoms with E-state index in [9.17, 15) is 9.59 Å². The molecule has 0 radical (unpaired) electrons. The van der Waals surface area contributed by atoms with Crippen molar-refractivity contribution in [1.82, 2.24) is 15.1 Å². The van der Waals surface area contributed by atoms with E-state index in [0.29, 0.717) is 32.1 Å². The SMILES string of the molecule is O=C(CN1CCN(C(=O)C2Cc3ccccc3O2)CC1)NC1CC1. The Morgan fingerprint density at radius 1 is 1.12 bits per heavy atom. The van der Waals surface area contributed by atoms with E-state index in [1.165, 1.54) is 0 Å². The molecule has 1 saturated heterocycles. The lowest BCUT2D eigenvalue weighted by Gasteiger charge is -2.35. The predicted octanol–water partition coefficient (Wildman–Crippen LogP) is 0.413. The average Bonchev–Trinajstić information content (AvgIpc) is 3.29. The van der Waals surface area contributed by atoms with E-state index in [1.54, 1.807) is 0 Å². The number of carbonyl (C=O) groups excluding carboxylic acids is 2. The predicted molar refractivity (Wildman–Crippen MR) is 88.7 cm³/mol. The Bertz CT molecular complexity index is 611. The molecule has 128 valence electrons. The molecule has 1 aliphatic carbocycles. The number of hydrogen-bond donors (Lipinski definition) is 1. The normalized spacial score (nSPS) is 23.5. The smallest absolute Gasteiger partial charge is 0.264 e. The fourth-order valence-corrected chi connectivity index (χ4v) is 3.35. The van der Waals surface area contributed by atoms with Crippen molar-refractivity contribution < 1.29 is 14.3 Å². The van der Waals surface area contributed by atoms with Crippen LogP contribution >= 0.6 is 0 Å². The number of nitrogens with zero attached hydrogens (tertiary/aromatic N) is 2. The van der Waals surface area contributed by atoms with Crippen molar-refractivity contribution in [2.45, 2.75) is 31.4 Å². The lowest BCUT2D eigenvalue weighted by Crippen LogP contribution is -2.53. The van der Waals surface area contributed by atoms with E-state index in [4.69, 9.17) is 4.74 Å². The Hall–Kier alpha value is -2.08. The molecule has 0 spiro atoms. The molecule has 6 heteroatoms. The number of para-hydroxylation sites is 1. The summed E-state index contributed by atoms with van der Waals surface area (Å²) in [6.45, 7) is 3.23. The van der Waals surface area contributed by atoms with Crippen LogP contribution in [0.2, 0.25) is 0 Å².